The van der Waals surface area contributed by atoms with Gasteiger partial charge in [-0.15, -0.1) is 0 Å². The predicted molar refractivity (Wildman–Crippen MR) is 86.7 cm³/mol. The van der Waals surface area contributed by atoms with Crippen LogP contribution in [0.4, 0.5) is 0 Å². The van der Waals surface area contributed by atoms with Crippen LogP contribution in [0.3, 0.4) is 0 Å². The van der Waals surface area contributed by atoms with Crippen LogP contribution in [0.2, 0.25) is 0 Å². The van der Waals surface area contributed by atoms with Crippen LogP contribution in [-0.2, 0) is 4.74 Å². The molecule has 0 aromatic heterocycles. The molecule has 21 heavy (non-hydrogen) atoms. The zero-order chi connectivity index (χ0) is 14.9. The average molecular weight is 285 g/mol. The van der Waals surface area contributed by atoms with Gasteiger partial charge in [0.15, 0.2) is 0 Å². The molecule has 0 aliphatic heterocycles. The smallest absolute Gasteiger partial charge is 0.127 e. The lowest BCUT2D eigenvalue weighted by atomic mass is 10.1. The van der Waals surface area contributed by atoms with Crippen LogP contribution in [0.25, 0.3) is 11.1 Å². The van der Waals surface area contributed by atoms with Gasteiger partial charge in [-0.1, -0.05) is 48.5 Å². The minimum absolute atomic E-state index is 0.336. The van der Waals surface area contributed by atoms with Crippen molar-refractivity contribution in [1.82, 2.24) is 5.32 Å². The third-order valence-corrected chi connectivity index (χ3v) is 3.24. The fourth-order valence-corrected chi connectivity index (χ4v) is 2.22. The third kappa shape index (κ3) is 4.88. The summed E-state index contributed by atoms with van der Waals surface area (Å²) in [6.45, 7) is 4.24. The molecule has 2 aromatic carbocycles. The van der Waals surface area contributed by atoms with Gasteiger partial charge in [0, 0.05) is 25.3 Å². The zero-order valence-corrected chi connectivity index (χ0v) is 12.7. The predicted octanol–water partition coefficient (Wildman–Crippen LogP) is 3.36. The van der Waals surface area contributed by atoms with Crippen molar-refractivity contribution in [2.45, 2.75) is 13.0 Å². The van der Waals surface area contributed by atoms with Crippen LogP contribution in [-0.4, -0.2) is 32.9 Å². The van der Waals surface area contributed by atoms with E-state index in [0.29, 0.717) is 19.3 Å². The molecular formula is C18H23NO2. The molecule has 3 heteroatoms. The van der Waals surface area contributed by atoms with E-state index in [1.807, 2.05) is 36.4 Å². The molecule has 0 fully saturated rings. The summed E-state index contributed by atoms with van der Waals surface area (Å²) in [6, 6.07) is 18.8. The molecule has 3 nitrogen and oxygen atoms in total. The highest BCUT2D eigenvalue weighted by atomic mass is 16.5. The lowest BCUT2D eigenvalue weighted by Crippen LogP contribution is -2.33. The Kier molecular flexibility index (Phi) is 6.25. The second-order valence-corrected chi connectivity index (χ2v) is 5.02. The van der Waals surface area contributed by atoms with E-state index in [0.717, 1.165) is 17.9 Å². The molecule has 0 aliphatic rings. The molecule has 1 unspecified atom stereocenters. The molecule has 0 saturated heterocycles. The standard InChI is InChI=1S/C18H23NO2/c1-15(14-20-2)19-12-13-21-18-11-7-6-10-17(18)16-8-4-3-5-9-16/h3-11,15,19H,12-14H2,1-2H3. The number of hydrogen-bond donors (Lipinski definition) is 1. The van der Waals surface area contributed by atoms with Gasteiger partial charge < -0.3 is 14.8 Å². The monoisotopic (exact) mass is 285 g/mol. The second-order valence-electron chi connectivity index (χ2n) is 5.02. The fourth-order valence-electron chi connectivity index (χ4n) is 2.22. The normalized spacial score (nSPS) is 12.1. The van der Waals surface area contributed by atoms with E-state index in [-0.39, 0.29) is 0 Å². The summed E-state index contributed by atoms with van der Waals surface area (Å²) in [6.07, 6.45) is 0. The van der Waals surface area contributed by atoms with E-state index in [9.17, 15) is 0 Å². The Bertz CT molecular complexity index is 528. The second kappa shape index (κ2) is 8.45. The van der Waals surface area contributed by atoms with Crippen molar-refractivity contribution in [2.75, 3.05) is 26.9 Å². The first kappa shape index (κ1) is 15.5. The topological polar surface area (TPSA) is 30.5 Å². The average Bonchev–Trinajstić information content (AvgIpc) is 2.53. The maximum absolute atomic E-state index is 5.92. The van der Waals surface area contributed by atoms with E-state index < -0.39 is 0 Å². The van der Waals surface area contributed by atoms with Gasteiger partial charge in [0.2, 0.25) is 0 Å². The molecule has 1 atom stereocenters. The number of rotatable bonds is 8. The van der Waals surface area contributed by atoms with Crippen LogP contribution in [0, 0.1) is 0 Å². The zero-order valence-electron chi connectivity index (χ0n) is 12.7. The van der Waals surface area contributed by atoms with Crippen molar-refractivity contribution in [2.24, 2.45) is 0 Å². The van der Waals surface area contributed by atoms with Crippen molar-refractivity contribution >= 4 is 0 Å². The molecule has 2 aromatic rings. The highest BCUT2D eigenvalue weighted by molar-refractivity contribution is 5.70. The van der Waals surface area contributed by atoms with Crippen LogP contribution in [0.5, 0.6) is 5.75 Å². The molecule has 0 amide bonds. The summed E-state index contributed by atoms with van der Waals surface area (Å²) >= 11 is 0. The Labute approximate surface area is 126 Å². The molecule has 0 bridgehead atoms. The van der Waals surface area contributed by atoms with E-state index in [4.69, 9.17) is 9.47 Å². The Morgan fingerprint density at radius 1 is 1.00 bits per heavy atom. The first-order valence-corrected chi connectivity index (χ1v) is 7.31. The van der Waals surface area contributed by atoms with Crippen molar-refractivity contribution < 1.29 is 9.47 Å². The molecule has 112 valence electrons. The maximum Gasteiger partial charge on any atom is 0.127 e. The first-order chi connectivity index (χ1) is 10.3. The molecule has 0 aliphatic carbocycles. The van der Waals surface area contributed by atoms with Crippen molar-refractivity contribution in [3.05, 3.63) is 54.6 Å². The Morgan fingerprint density at radius 2 is 1.71 bits per heavy atom. The SMILES string of the molecule is COCC(C)NCCOc1ccccc1-c1ccccc1. The summed E-state index contributed by atoms with van der Waals surface area (Å²) in [5, 5.41) is 3.36. The largest absolute Gasteiger partial charge is 0.492 e. The molecule has 0 spiro atoms. The lowest BCUT2D eigenvalue weighted by Gasteiger charge is -2.15. The molecule has 2 rings (SSSR count). The van der Waals surface area contributed by atoms with E-state index in [2.05, 4.69) is 30.4 Å². The van der Waals surface area contributed by atoms with Crippen molar-refractivity contribution in [3.8, 4) is 16.9 Å². The number of nitrogens with one attached hydrogen (secondary N) is 1. The molecule has 0 saturated carbocycles. The minimum atomic E-state index is 0.336. The van der Waals surface area contributed by atoms with E-state index in [1.54, 1.807) is 7.11 Å². The minimum Gasteiger partial charge on any atom is -0.492 e. The highest BCUT2D eigenvalue weighted by Crippen LogP contribution is 2.29. The maximum atomic E-state index is 5.92. The first-order valence-electron chi connectivity index (χ1n) is 7.31. The summed E-state index contributed by atoms with van der Waals surface area (Å²) in [4.78, 5) is 0. The third-order valence-electron chi connectivity index (χ3n) is 3.24. The van der Waals surface area contributed by atoms with E-state index >= 15 is 0 Å². The Hall–Kier alpha value is -1.84. The fraction of sp³-hybridized carbons (Fsp3) is 0.333. The summed E-state index contributed by atoms with van der Waals surface area (Å²) in [7, 11) is 1.71. The van der Waals surface area contributed by atoms with E-state index in [1.165, 1.54) is 5.56 Å². The van der Waals surface area contributed by atoms with Gasteiger partial charge >= 0.3 is 0 Å². The van der Waals surface area contributed by atoms with Gasteiger partial charge in [-0.3, -0.25) is 0 Å². The number of ether oxygens (including phenoxy) is 2. The molecular weight excluding hydrogens is 262 g/mol. The van der Waals surface area contributed by atoms with Crippen LogP contribution in [0.15, 0.2) is 54.6 Å². The van der Waals surface area contributed by atoms with Gasteiger partial charge in [0.25, 0.3) is 0 Å². The lowest BCUT2D eigenvalue weighted by molar-refractivity contribution is 0.169. The van der Waals surface area contributed by atoms with Gasteiger partial charge in [0.05, 0.1) is 6.61 Å². The number of hydrogen-bond acceptors (Lipinski definition) is 3. The highest BCUT2D eigenvalue weighted by Gasteiger charge is 2.05. The van der Waals surface area contributed by atoms with Crippen LogP contribution < -0.4 is 10.1 Å². The summed E-state index contributed by atoms with van der Waals surface area (Å²) < 4.78 is 11.0. The van der Waals surface area contributed by atoms with Crippen molar-refractivity contribution in [3.63, 3.8) is 0 Å². The number of methoxy groups -OCH3 is 1. The van der Waals surface area contributed by atoms with Crippen molar-refractivity contribution in [1.29, 1.82) is 0 Å². The molecule has 0 radical (unpaired) electrons. The van der Waals surface area contributed by atoms with Gasteiger partial charge in [-0.05, 0) is 18.6 Å². The van der Waals surface area contributed by atoms with Gasteiger partial charge in [-0.25, -0.2) is 0 Å². The summed E-state index contributed by atoms with van der Waals surface area (Å²) in [5.41, 5.74) is 2.30. The Balaban J connectivity index is 1.92. The summed E-state index contributed by atoms with van der Waals surface area (Å²) in [5.74, 6) is 0.921. The molecule has 0 heterocycles. The van der Waals surface area contributed by atoms with Gasteiger partial charge in [0.1, 0.15) is 12.4 Å². The molecule has 1 N–H and O–H groups in total. The van der Waals surface area contributed by atoms with Gasteiger partial charge in [-0.2, -0.15) is 0 Å². The van der Waals surface area contributed by atoms with Crippen LogP contribution >= 0.6 is 0 Å². The van der Waals surface area contributed by atoms with Crippen LogP contribution in [0.1, 0.15) is 6.92 Å². The number of para-hydroxylation sites is 1. The number of benzene rings is 2. The quantitative estimate of drug-likeness (QED) is 0.754. The Morgan fingerprint density at radius 3 is 2.48 bits per heavy atom.